The lowest BCUT2D eigenvalue weighted by molar-refractivity contribution is 0.0935. The summed E-state index contributed by atoms with van der Waals surface area (Å²) in [4.78, 5) is 12.2. The van der Waals surface area contributed by atoms with Gasteiger partial charge in [0.15, 0.2) is 15.5 Å². The maximum absolute atomic E-state index is 13.0. The van der Waals surface area contributed by atoms with Gasteiger partial charge in [-0.3, -0.25) is 4.79 Å². The van der Waals surface area contributed by atoms with Crippen LogP contribution in [0.4, 0.5) is 4.39 Å². The molecule has 0 bridgehead atoms. The van der Waals surface area contributed by atoms with Crippen LogP contribution < -0.4 is 5.32 Å². The molecule has 1 unspecified atom stereocenters. The molecule has 2 heterocycles. The highest BCUT2D eigenvalue weighted by molar-refractivity contribution is 7.91. The quantitative estimate of drug-likeness (QED) is 0.914. The third-order valence-corrected chi connectivity index (χ3v) is 5.53. The molecule has 1 aliphatic rings. The Morgan fingerprint density at radius 3 is 2.65 bits per heavy atom. The van der Waals surface area contributed by atoms with Crippen molar-refractivity contribution in [1.82, 2.24) is 15.1 Å². The van der Waals surface area contributed by atoms with Gasteiger partial charge in [-0.15, -0.1) is 0 Å². The van der Waals surface area contributed by atoms with Gasteiger partial charge in [0.05, 0.1) is 17.2 Å². The first-order chi connectivity index (χ1) is 10.8. The second-order valence-corrected chi connectivity index (χ2v) is 7.86. The molecule has 1 aromatic carbocycles. The van der Waals surface area contributed by atoms with Crippen molar-refractivity contribution in [3.8, 4) is 5.69 Å². The van der Waals surface area contributed by atoms with Crippen molar-refractivity contribution in [2.75, 3.05) is 11.5 Å². The summed E-state index contributed by atoms with van der Waals surface area (Å²) in [5.74, 6) is -0.688. The molecule has 1 atom stereocenters. The molecule has 122 valence electrons. The molecule has 0 saturated carbocycles. The van der Waals surface area contributed by atoms with E-state index in [1.807, 2.05) is 0 Å². The summed E-state index contributed by atoms with van der Waals surface area (Å²) in [5, 5.41) is 6.92. The van der Waals surface area contributed by atoms with Crippen LogP contribution in [0.2, 0.25) is 0 Å². The highest BCUT2D eigenvalue weighted by atomic mass is 32.2. The van der Waals surface area contributed by atoms with Crippen LogP contribution in [0.1, 0.15) is 22.6 Å². The van der Waals surface area contributed by atoms with Crippen molar-refractivity contribution >= 4 is 15.7 Å². The average Bonchev–Trinajstić information content (AvgIpc) is 3.03. The second-order valence-electron chi connectivity index (χ2n) is 5.63. The highest BCUT2D eigenvalue weighted by Crippen LogP contribution is 2.15. The number of sulfone groups is 1. The molecule has 0 spiro atoms. The summed E-state index contributed by atoms with van der Waals surface area (Å²) in [6.45, 7) is 1.78. The van der Waals surface area contributed by atoms with E-state index in [9.17, 15) is 17.6 Å². The zero-order chi connectivity index (χ0) is 16.6. The van der Waals surface area contributed by atoms with Crippen LogP contribution in [0.25, 0.3) is 5.69 Å². The Morgan fingerprint density at radius 1 is 1.35 bits per heavy atom. The van der Waals surface area contributed by atoms with E-state index in [1.165, 1.54) is 12.1 Å². The predicted octanol–water partition coefficient (Wildman–Crippen LogP) is 1.24. The van der Waals surface area contributed by atoms with Crippen LogP contribution in [-0.4, -0.2) is 41.7 Å². The molecule has 3 rings (SSSR count). The molecule has 0 aliphatic carbocycles. The van der Waals surface area contributed by atoms with E-state index >= 15 is 0 Å². The number of aromatic nitrogens is 2. The standard InChI is InChI=1S/C15H16FN3O3S/c1-10-8-14(15(20)17-12-6-7-23(21,22)9-12)18-19(10)13-4-2-11(16)3-5-13/h2-5,8,12H,6-7,9H2,1H3,(H,17,20). The fourth-order valence-corrected chi connectivity index (χ4v) is 4.27. The van der Waals surface area contributed by atoms with Gasteiger partial charge in [0, 0.05) is 11.7 Å². The topological polar surface area (TPSA) is 81.1 Å². The highest BCUT2D eigenvalue weighted by Gasteiger charge is 2.29. The number of benzene rings is 1. The Morgan fingerprint density at radius 2 is 2.04 bits per heavy atom. The van der Waals surface area contributed by atoms with Crippen molar-refractivity contribution < 1.29 is 17.6 Å². The van der Waals surface area contributed by atoms with Gasteiger partial charge in [-0.2, -0.15) is 5.10 Å². The van der Waals surface area contributed by atoms with Gasteiger partial charge in [-0.25, -0.2) is 17.5 Å². The van der Waals surface area contributed by atoms with Gasteiger partial charge < -0.3 is 5.32 Å². The fraction of sp³-hybridized carbons (Fsp3) is 0.333. The molecule has 23 heavy (non-hydrogen) atoms. The summed E-state index contributed by atoms with van der Waals surface area (Å²) in [7, 11) is -3.05. The summed E-state index contributed by atoms with van der Waals surface area (Å²) in [5.41, 5.74) is 1.57. The first-order valence-electron chi connectivity index (χ1n) is 7.18. The Hall–Kier alpha value is -2.22. The Labute approximate surface area is 133 Å². The minimum Gasteiger partial charge on any atom is -0.347 e. The van der Waals surface area contributed by atoms with Gasteiger partial charge in [-0.1, -0.05) is 0 Å². The number of halogens is 1. The number of rotatable bonds is 3. The number of nitrogens with one attached hydrogen (secondary N) is 1. The monoisotopic (exact) mass is 337 g/mol. The molecule has 2 aromatic rings. The minimum absolute atomic E-state index is 0.0314. The predicted molar refractivity (Wildman–Crippen MR) is 82.8 cm³/mol. The normalized spacial score (nSPS) is 19.7. The molecule has 1 N–H and O–H groups in total. The third-order valence-electron chi connectivity index (χ3n) is 3.76. The van der Waals surface area contributed by atoms with E-state index in [2.05, 4.69) is 10.4 Å². The maximum Gasteiger partial charge on any atom is 0.272 e. The number of carbonyl (C=O) groups excluding carboxylic acids is 1. The Kier molecular flexibility index (Phi) is 3.93. The number of hydrogen-bond acceptors (Lipinski definition) is 4. The van der Waals surface area contributed by atoms with E-state index < -0.39 is 15.7 Å². The average molecular weight is 337 g/mol. The van der Waals surface area contributed by atoms with E-state index in [1.54, 1.807) is 29.8 Å². The van der Waals surface area contributed by atoms with Gasteiger partial charge >= 0.3 is 0 Å². The van der Waals surface area contributed by atoms with E-state index in [0.29, 0.717) is 12.1 Å². The van der Waals surface area contributed by atoms with Crippen LogP contribution in [0.5, 0.6) is 0 Å². The summed E-state index contributed by atoms with van der Waals surface area (Å²) in [6, 6.07) is 7.02. The Bertz CT molecular complexity index is 843. The summed E-state index contributed by atoms with van der Waals surface area (Å²) in [6.07, 6.45) is 0.422. The smallest absolute Gasteiger partial charge is 0.272 e. The SMILES string of the molecule is Cc1cc(C(=O)NC2CCS(=O)(=O)C2)nn1-c1ccc(F)cc1. The lowest BCUT2D eigenvalue weighted by atomic mass is 10.2. The summed E-state index contributed by atoms with van der Waals surface area (Å²) >= 11 is 0. The van der Waals surface area contributed by atoms with Gasteiger partial charge in [0.2, 0.25) is 0 Å². The number of nitrogens with zero attached hydrogens (tertiary/aromatic N) is 2. The van der Waals surface area contributed by atoms with Crippen LogP contribution >= 0.6 is 0 Å². The zero-order valence-corrected chi connectivity index (χ0v) is 13.3. The first-order valence-corrected chi connectivity index (χ1v) is 9.00. The lowest BCUT2D eigenvalue weighted by Crippen LogP contribution is -2.35. The van der Waals surface area contributed by atoms with Gasteiger partial charge in [0.25, 0.3) is 5.91 Å². The lowest BCUT2D eigenvalue weighted by Gasteiger charge is -2.08. The molecule has 1 aliphatic heterocycles. The van der Waals surface area contributed by atoms with Crippen molar-refractivity contribution in [3.05, 3.63) is 47.5 Å². The third kappa shape index (κ3) is 3.42. The van der Waals surface area contributed by atoms with E-state index in [-0.39, 0.29) is 29.1 Å². The minimum atomic E-state index is -3.05. The second kappa shape index (κ2) is 5.77. The van der Waals surface area contributed by atoms with Crippen molar-refractivity contribution in [3.63, 3.8) is 0 Å². The van der Waals surface area contributed by atoms with Crippen molar-refractivity contribution in [2.45, 2.75) is 19.4 Å². The zero-order valence-electron chi connectivity index (χ0n) is 12.5. The molecule has 1 amide bonds. The largest absolute Gasteiger partial charge is 0.347 e. The van der Waals surface area contributed by atoms with Crippen LogP contribution in [0, 0.1) is 12.7 Å². The van der Waals surface area contributed by atoms with E-state index in [0.717, 1.165) is 5.69 Å². The number of carbonyl (C=O) groups is 1. The van der Waals surface area contributed by atoms with Gasteiger partial charge in [0.1, 0.15) is 5.82 Å². The number of hydrogen-bond donors (Lipinski definition) is 1. The maximum atomic E-state index is 13.0. The molecule has 1 aromatic heterocycles. The van der Waals surface area contributed by atoms with Gasteiger partial charge in [-0.05, 0) is 43.7 Å². The van der Waals surface area contributed by atoms with E-state index in [4.69, 9.17) is 0 Å². The molecular formula is C15H16FN3O3S. The molecule has 1 fully saturated rings. The van der Waals surface area contributed by atoms with Crippen LogP contribution in [-0.2, 0) is 9.84 Å². The Balaban J connectivity index is 1.77. The molecule has 8 heteroatoms. The number of aryl methyl sites for hydroxylation is 1. The summed E-state index contributed by atoms with van der Waals surface area (Å²) < 4.78 is 37.4. The number of amides is 1. The van der Waals surface area contributed by atoms with Crippen LogP contribution in [0.3, 0.4) is 0 Å². The first kappa shape index (κ1) is 15.7. The van der Waals surface area contributed by atoms with Crippen molar-refractivity contribution in [1.29, 1.82) is 0 Å². The fourth-order valence-electron chi connectivity index (χ4n) is 2.60. The molecule has 1 saturated heterocycles. The van der Waals surface area contributed by atoms with Crippen LogP contribution in [0.15, 0.2) is 30.3 Å². The molecular weight excluding hydrogens is 321 g/mol. The molecule has 0 radical (unpaired) electrons. The molecule has 6 nitrogen and oxygen atoms in total. The van der Waals surface area contributed by atoms with Crippen molar-refractivity contribution in [2.24, 2.45) is 0 Å².